The van der Waals surface area contributed by atoms with Crippen LogP contribution in [-0.4, -0.2) is 14.5 Å². The van der Waals surface area contributed by atoms with E-state index in [0.717, 1.165) is 12.1 Å². The van der Waals surface area contributed by atoms with Gasteiger partial charge in [-0.05, 0) is 31.2 Å². The normalized spacial score (nSPS) is 12.8. The Kier molecular flexibility index (Phi) is 3.14. The molecule has 6 heteroatoms. The molecule has 3 aromatic rings. The predicted octanol–water partition coefficient (Wildman–Crippen LogP) is 4.00. The summed E-state index contributed by atoms with van der Waals surface area (Å²) in [6, 6.07) is 7.20. The molecule has 0 amide bonds. The zero-order chi connectivity index (χ0) is 14.3. The van der Waals surface area contributed by atoms with Gasteiger partial charge in [-0.3, -0.25) is 4.57 Å². The van der Waals surface area contributed by atoms with Crippen LogP contribution in [0.5, 0.6) is 0 Å². The van der Waals surface area contributed by atoms with Crippen LogP contribution in [0.3, 0.4) is 0 Å². The fourth-order valence-electron chi connectivity index (χ4n) is 2.08. The highest BCUT2D eigenvalue weighted by atomic mass is 35.5. The SMILES string of the molecule is CC(Cl)c1nc2cccnc2n1-c1ccc(F)c(F)c1. The minimum Gasteiger partial charge on any atom is -0.279 e. The van der Waals surface area contributed by atoms with Gasteiger partial charge in [-0.1, -0.05) is 0 Å². The molecule has 1 aromatic carbocycles. The number of hydrogen-bond donors (Lipinski definition) is 0. The molecule has 0 saturated heterocycles. The number of rotatable bonds is 2. The van der Waals surface area contributed by atoms with Gasteiger partial charge < -0.3 is 0 Å². The first-order chi connectivity index (χ1) is 9.58. The van der Waals surface area contributed by atoms with Crippen molar-refractivity contribution in [2.45, 2.75) is 12.3 Å². The first kappa shape index (κ1) is 13.0. The van der Waals surface area contributed by atoms with E-state index in [4.69, 9.17) is 11.6 Å². The van der Waals surface area contributed by atoms with Crippen LogP contribution >= 0.6 is 11.6 Å². The summed E-state index contributed by atoms with van der Waals surface area (Å²) in [7, 11) is 0. The molecule has 0 radical (unpaired) electrons. The van der Waals surface area contributed by atoms with Crippen molar-refractivity contribution >= 4 is 22.8 Å². The molecule has 2 aromatic heterocycles. The van der Waals surface area contributed by atoms with E-state index in [1.807, 2.05) is 0 Å². The molecule has 20 heavy (non-hydrogen) atoms. The van der Waals surface area contributed by atoms with Crippen molar-refractivity contribution in [1.82, 2.24) is 14.5 Å². The molecule has 0 spiro atoms. The number of imidazole rings is 1. The maximum Gasteiger partial charge on any atom is 0.164 e. The average molecular weight is 294 g/mol. The highest BCUT2D eigenvalue weighted by Crippen LogP contribution is 2.27. The zero-order valence-corrected chi connectivity index (χ0v) is 11.3. The van der Waals surface area contributed by atoms with Crippen molar-refractivity contribution < 1.29 is 8.78 Å². The average Bonchev–Trinajstić information content (AvgIpc) is 2.81. The minimum atomic E-state index is -0.923. The number of hydrogen-bond acceptors (Lipinski definition) is 2. The van der Waals surface area contributed by atoms with E-state index in [0.29, 0.717) is 22.7 Å². The summed E-state index contributed by atoms with van der Waals surface area (Å²) in [6.07, 6.45) is 1.61. The van der Waals surface area contributed by atoms with Gasteiger partial charge >= 0.3 is 0 Å². The largest absolute Gasteiger partial charge is 0.279 e. The maximum absolute atomic E-state index is 13.4. The molecule has 0 fully saturated rings. The second kappa shape index (κ2) is 4.83. The quantitative estimate of drug-likeness (QED) is 0.669. The number of alkyl halides is 1. The monoisotopic (exact) mass is 293 g/mol. The Bertz CT molecular complexity index is 783. The molecular formula is C14H10ClF2N3. The predicted molar refractivity (Wildman–Crippen MR) is 73.0 cm³/mol. The van der Waals surface area contributed by atoms with Crippen LogP contribution in [0.25, 0.3) is 16.9 Å². The second-order valence-electron chi connectivity index (χ2n) is 4.37. The van der Waals surface area contributed by atoms with E-state index < -0.39 is 17.0 Å². The summed E-state index contributed by atoms with van der Waals surface area (Å²) >= 11 is 6.12. The van der Waals surface area contributed by atoms with Gasteiger partial charge in [0.05, 0.1) is 11.1 Å². The molecular weight excluding hydrogens is 284 g/mol. The molecule has 0 N–H and O–H groups in total. The smallest absolute Gasteiger partial charge is 0.164 e. The molecule has 3 nitrogen and oxygen atoms in total. The summed E-state index contributed by atoms with van der Waals surface area (Å²) < 4.78 is 28.1. The van der Waals surface area contributed by atoms with E-state index in [1.165, 1.54) is 6.07 Å². The Morgan fingerprint density at radius 2 is 2.00 bits per heavy atom. The van der Waals surface area contributed by atoms with E-state index >= 15 is 0 Å². The van der Waals surface area contributed by atoms with Crippen molar-refractivity contribution in [3.8, 4) is 5.69 Å². The second-order valence-corrected chi connectivity index (χ2v) is 5.02. The molecule has 0 aliphatic rings. The van der Waals surface area contributed by atoms with Crippen molar-refractivity contribution in [3.63, 3.8) is 0 Å². The molecule has 3 rings (SSSR count). The number of pyridine rings is 1. The Labute approximate surface area is 118 Å². The fourth-order valence-corrected chi connectivity index (χ4v) is 2.22. The van der Waals surface area contributed by atoms with E-state index in [-0.39, 0.29) is 0 Å². The van der Waals surface area contributed by atoms with Crippen LogP contribution in [0.2, 0.25) is 0 Å². The third-order valence-corrected chi connectivity index (χ3v) is 3.15. The highest BCUT2D eigenvalue weighted by molar-refractivity contribution is 6.20. The number of halogens is 3. The minimum absolute atomic E-state index is 0.391. The Hall–Kier alpha value is -2.01. The fraction of sp³-hybridized carbons (Fsp3) is 0.143. The van der Waals surface area contributed by atoms with Crippen LogP contribution in [0.1, 0.15) is 18.1 Å². The Morgan fingerprint density at radius 3 is 2.70 bits per heavy atom. The van der Waals surface area contributed by atoms with Gasteiger partial charge in [0.15, 0.2) is 17.3 Å². The van der Waals surface area contributed by atoms with Gasteiger partial charge in [0.2, 0.25) is 0 Å². The van der Waals surface area contributed by atoms with Gasteiger partial charge in [0, 0.05) is 12.3 Å². The van der Waals surface area contributed by atoms with E-state index in [9.17, 15) is 8.78 Å². The molecule has 0 bridgehead atoms. The van der Waals surface area contributed by atoms with E-state index in [1.54, 1.807) is 29.8 Å². The zero-order valence-electron chi connectivity index (χ0n) is 10.5. The number of aromatic nitrogens is 3. The maximum atomic E-state index is 13.4. The van der Waals surface area contributed by atoms with Crippen LogP contribution in [-0.2, 0) is 0 Å². The Morgan fingerprint density at radius 1 is 1.20 bits per heavy atom. The summed E-state index contributed by atoms with van der Waals surface area (Å²) in [5.74, 6) is -1.29. The van der Waals surface area contributed by atoms with Gasteiger partial charge in [-0.25, -0.2) is 18.7 Å². The molecule has 102 valence electrons. The van der Waals surface area contributed by atoms with E-state index in [2.05, 4.69) is 9.97 Å². The first-order valence-electron chi connectivity index (χ1n) is 6.01. The molecule has 1 atom stereocenters. The lowest BCUT2D eigenvalue weighted by Gasteiger charge is -2.10. The Balaban J connectivity index is 2.33. The molecule has 0 aliphatic heterocycles. The van der Waals surface area contributed by atoms with Crippen molar-refractivity contribution in [2.75, 3.05) is 0 Å². The van der Waals surface area contributed by atoms with Crippen molar-refractivity contribution in [3.05, 3.63) is 54.0 Å². The topological polar surface area (TPSA) is 30.7 Å². The lowest BCUT2D eigenvalue weighted by Crippen LogP contribution is -2.03. The van der Waals surface area contributed by atoms with Crippen LogP contribution < -0.4 is 0 Å². The summed E-state index contributed by atoms with van der Waals surface area (Å²) in [4.78, 5) is 8.63. The lowest BCUT2D eigenvalue weighted by molar-refractivity contribution is 0.508. The van der Waals surface area contributed by atoms with Crippen LogP contribution in [0, 0.1) is 11.6 Å². The number of benzene rings is 1. The van der Waals surface area contributed by atoms with Gasteiger partial charge in [-0.2, -0.15) is 0 Å². The van der Waals surface area contributed by atoms with Crippen LogP contribution in [0.15, 0.2) is 36.5 Å². The summed E-state index contributed by atoms with van der Waals surface area (Å²) in [5, 5.41) is -0.391. The van der Waals surface area contributed by atoms with Gasteiger partial charge in [-0.15, -0.1) is 11.6 Å². The summed E-state index contributed by atoms with van der Waals surface area (Å²) in [5.41, 5.74) is 1.65. The van der Waals surface area contributed by atoms with Crippen LogP contribution in [0.4, 0.5) is 8.78 Å². The first-order valence-corrected chi connectivity index (χ1v) is 6.44. The lowest BCUT2D eigenvalue weighted by atomic mass is 10.3. The van der Waals surface area contributed by atoms with Gasteiger partial charge in [0.1, 0.15) is 11.3 Å². The standard InChI is InChI=1S/C14H10ClF2N3/c1-8(15)13-19-12-3-2-6-18-14(12)20(13)9-4-5-10(16)11(17)7-9/h2-8H,1H3. The third-order valence-electron chi connectivity index (χ3n) is 2.96. The molecule has 0 saturated carbocycles. The summed E-state index contributed by atoms with van der Waals surface area (Å²) in [6.45, 7) is 1.76. The third kappa shape index (κ3) is 2.04. The molecule has 0 aliphatic carbocycles. The van der Waals surface area contributed by atoms with Crippen molar-refractivity contribution in [2.24, 2.45) is 0 Å². The highest BCUT2D eigenvalue weighted by Gasteiger charge is 2.17. The number of nitrogens with zero attached hydrogens (tertiary/aromatic N) is 3. The van der Waals surface area contributed by atoms with Crippen molar-refractivity contribution in [1.29, 1.82) is 0 Å². The molecule has 1 unspecified atom stereocenters. The van der Waals surface area contributed by atoms with Gasteiger partial charge in [0.25, 0.3) is 0 Å². The number of fused-ring (bicyclic) bond motifs is 1. The molecule has 2 heterocycles.